The van der Waals surface area contributed by atoms with E-state index in [0.717, 1.165) is 0 Å². The number of carboxylic acid groups (broad SMARTS) is 3. The van der Waals surface area contributed by atoms with Crippen LogP contribution in [0, 0.1) is 0 Å². The molecule has 54 valence electrons. The van der Waals surface area contributed by atoms with Gasteiger partial charge in [0.15, 0.2) is 0 Å². The van der Waals surface area contributed by atoms with Crippen LogP contribution in [0.1, 0.15) is 0 Å². The predicted octanol–water partition coefficient (Wildman–Crippen LogP) is -0.898. The molecule has 0 bridgehead atoms. The van der Waals surface area contributed by atoms with Crippen molar-refractivity contribution >= 4 is 19.4 Å². The normalized spacial score (nSPS) is 4.00. The maximum absolute atomic E-state index is 8.36. The van der Waals surface area contributed by atoms with Crippen LogP contribution in [0.25, 0.3) is 0 Å². The number of carbonyl (C=O) groups is 3. The summed E-state index contributed by atoms with van der Waals surface area (Å²) in [4.78, 5) is 25.1. The van der Waals surface area contributed by atoms with E-state index in [1.165, 1.54) is 0 Å². The lowest BCUT2D eigenvalue weighted by Gasteiger charge is -1.34. The molecule has 0 saturated heterocycles. The van der Waals surface area contributed by atoms with Crippen LogP contribution < -0.4 is 0 Å². The molecule has 0 radical (unpaired) electrons. The molecule has 0 aliphatic carbocycles. The summed E-state index contributed by atoms with van der Waals surface area (Å²) in [6.07, 6.45) is 0. The third-order valence-corrected chi connectivity index (χ3v) is 0. The fourth-order valence-electron chi connectivity index (χ4n) is 0. The van der Waals surface area contributed by atoms with E-state index in [2.05, 4.69) is 0 Å². The highest BCUT2D eigenvalue weighted by molar-refractivity contribution is 5.33. The molecule has 0 spiro atoms. The molecular weight excluding hydrogens is 132 g/mol. The Bertz CT molecular complexity index is 45.1. The van der Waals surface area contributed by atoms with Gasteiger partial charge in [0.05, 0.1) is 0 Å². The van der Waals surface area contributed by atoms with Gasteiger partial charge < -0.3 is 15.3 Å². The van der Waals surface area contributed by atoms with Gasteiger partial charge in [0.1, 0.15) is 0 Å². The summed E-state index contributed by atoms with van der Waals surface area (Å²) in [6.45, 7) is -0.750. The van der Waals surface area contributed by atoms with Gasteiger partial charge in [-0.3, -0.25) is 14.4 Å². The van der Waals surface area contributed by atoms with Crippen LogP contribution in [0.2, 0.25) is 0 Å². The third-order valence-electron chi connectivity index (χ3n) is 0. The molecular formula is C3H6O6. The minimum atomic E-state index is -0.250. The standard InChI is InChI=1S/3CH2O2/c3*2-1-3/h3*1H,(H,2,3). The lowest BCUT2D eigenvalue weighted by molar-refractivity contribution is -0.123. The smallest absolute Gasteiger partial charge is 0.290 e. The Morgan fingerprint density at radius 2 is 0.667 bits per heavy atom. The van der Waals surface area contributed by atoms with Crippen molar-refractivity contribution in [3.63, 3.8) is 0 Å². The van der Waals surface area contributed by atoms with E-state index in [4.69, 9.17) is 29.7 Å². The van der Waals surface area contributed by atoms with E-state index in [0.29, 0.717) is 0 Å². The van der Waals surface area contributed by atoms with Crippen LogP contribution in [0.4, 0.5) is 0 Å². The summed E-state index contributed by atoms with van der Waals surface area (Å²) in [5, 5.41) is 20.7. The Kier molecular flexibility index (Phi) is 164. The number of hydrogen-bond donors (Lipinski definition) is 3. The summed E-state index contributed by atoms with van der Waals surface area (Å²) >= 11 is 0. The van der Waals surface area contributed by atoms with Gasteiger partial charge in [0.2, 0.25) is 0 Å². The van der Waals surface area contributed by atoms with E-state index in [-0.39, 0.29) is 19.4 Å². The molecule has 0 aromatic rings. The summed E-state index contributed by atoms with van der Waals surface area (Å²) in [7, 11) is 0. The highest BCUT2D eigenvalue weighted by Gasteiger charge is 1.22. The topological polar surface area (TPSA) is 112 Å². The van der Waals surface area contributed by atoms with Gasteiger partial charge in [-0.2, -0.15) is 0 Å². The van der Waals surface area contributed by atoms with Crippen molar-refractivity contribution in [3.8, 4) is 0 Å². The Morgan fingerprint density at radius 1 is 0.667 bits per heavy atom. The summed E-state index contributed by atoms with van der Waals surface area (Å²) in [5.41, 5.74) is 0. The molecule has 0 unspecified atom stereocenters. The van der Waals surface area contributed by atoms with Gasteiger partial charge in [0.25, 0.3) is 19.4 Å². The largest absolute Gasteiger partial charge is 0.483 e. The van der Waals surface area contributed by atoms with Crippen molar-refractivity contribution < 1.29 is 29.7 Å². The van der Waals surface area contributed by atoms with Crippen molar-refractivity contribution in [2.24, 2.45) is 0 Å². The molecule has 0 heterocycles. The average Bonchev–Trinajstić information content (AvgIpc) is 1.70. The molecule has 0 amide bonds. The first-order valence-electron chi connectivity index (χ1n) is 1.48. The van der Waals surface area contributed by atoms with Crippen molar-refractivity contribution in [2.45, 2.75) is 0 Å². The second kappa shape index (κ2) is 94.4. The van der Waals surface area contributed by atoms with E-state index < -0.39 is 0 Å². The van der Waals surface area contributed by atoms with Crippen molar-refractivity contribution in [2.75, 3.05) is 0 Å². The van der Waals surface area contributed by atoms with E-state index >= 15 is 0 Å². The van der Waals surface area contributed by atoms with Crippen LogP contribution in [0.3, 0.4) is 0 Å². The van der Waals surface area contributed by atoms with Crippen LogP contribution >= 0.6 is 0 Å². The fourth-order valence-corrected chi connectivity index (χ4v) is 0. The van der Waals surface area contributed by atoms with Gasteiger partial charge in [-0.25, -0.2) is 0 Å². The SMILES string of the molecule is O=CO.O=CO.O=CO. The Morgan fingerprint density at radius 3 is 0.667 bits per heavy atom. The van der Waals surface area contributed by atoms with Gasteiger partial charge in [-0.15, -0.1) is 0 Å². The molecule has 0 fully saturated rings. The molecule has 6 nitrogen and oxygen atoms in total. The molecule has 0 saturated carbocycles. The first-order chi connectivity index (χ1) is 4.24. The second-order valence-corrected chi connectivity index (χ2v) is 0.316. The van der Waals surface area contributed by atoms with E-state index in [1.807, 2.05) is 0 Å². The molecule has 0 aromatic heterocycles. The van der Waals surface area contributed by atoms with Crippen LogP contribution in [0.5, 0.6) is 0 Å². The highest BCUT2D eigenvalue weighted by atomic mass is 16.4. The maximum Gasteiger partial charge on any atom is 0.290 e. The molecule has 0 aliphatic rings. The van der Waals surface area contributed by atoms with Gasteiger partial charge in [-0.1, -0.05) is 0 Å². The lowest BCUT2D eigenvalue weighted by atomic mass is 11.7. The Labute approximate surface area is 50.3 Å². The molecule has 9 heavy (non-hydrogen) atoms. The van der Waals surface area contributed by atoms with Crippen molar-refractivity contribution in [1.29, 1.82) is 0 Å². The summed E-state index contributed by atoms with van der Waals surface area (Å²) in [5.74, 6) is 0. The number of rotatable bonds is 0. The molecule has 0 aromatic carbocycles. The molecule has 6 heteroatoms. The first kappa shape index (κ1) is 15.7. The van der Waals surface area contributed by atoms with Gasteiger partial charge in [-0.05, 0) is 0 Å². The number of hydrogen-bond acceptors (Lipinski definition) is 3. The van der Waals surface area contributed by atoms with E-state index in [1.54, 1.807) is 0 Å². The Balaban J connectivity index is -0.0000000600. The quantitative estimate of drug-likeness (QED) is 0.374. The van der Waals surface area contributed by atoms with Crippen molar-refractivity contribution in [3.05, 3.63) is 0 Å². The lowest BCUT2D eigenvalue weighted by Crippen LogP contribution is -1.49. The second-order valence-electron chi connectivity index (χ2n) is 0.316. The zero-order valence-electron chi connectivity index (χ0n) is 4.30. The van der Waals surface area contributed by atoms with Crippen LogP contribution in [-0.2, 0) is 14.4 Å². The fraction of sp³-hybridized carbons (Fsp3) is 0. The van der Waals surface area contributed by atoms with Gasteiger partial charge in [0, 0.05) is 0 Å². The van der Waals surface area contributed by atoms with Crippen LogP contribution in [0.15, 0.2) is 0 Å². The van der Waals surface area contributed by atoms with E-state index in [9.17, 15) is 0 Å². The predicted molar refractivity (Wildman–Crippen MR) is 26.1 cm³/mol. The Hall–Kier alpha value is -1.59. The monoisotopic (exact) mass is 138 g/mol. The van der Waals surface area contributed by atoms with Gasteiger partial charge >= 0.3 is 0 Å². The summed E-state index contributed by atoms with van der Waals surface area (Å²) < 4.78 is 0. The molecule has 0 rings (SSSR count). The average molecular weight is 138 g/mol. The van der Waals surface area contributed by atoms with Crippen LogP contribution in [-0.4, -0.2) is 34.7 Å². The zero-order valence-corrected chi connectivity index (χ0v) is 4.30. The summed E-state index contributed by atoms with van der Waals surface area (Å²) in [6, 6.07) is 0. The first-order valence-corrected chi connectivity index (χ1v) is 1.48. The zero-order chi connectivity index (χ0) is 8.12. The maximum atomic E-state index is 8.36. The minimum absolute atomic E-state index is 0.250. The minimum Gasteiger partial charge on any atom is -0.483 e. The molecule has 0 atom stereocenters. The molecule has 3 N–H and O–H groups in total. The third kappa shape index (κ3) is 49.3. The van der Waals surface area contributed by atoms with Crippen molar-refractivity contribution in [1.82, 2.24) is 0 Å². The highest BCUT2D eigenvalue weighted by Crippen LogP contribution is 0.972. The molecule has 0 aliphatic heterocycles.